The zero-order valence-corrected chi connectivity index (χ0v) is 14.1. The van der Waals surface area contributed by atoms with Crippen LogP contribution in [0.4, 0.5) is 5.69 Å². The van der Waals surface area contributed by atoms with Gasteiger partial charge in [0.2, 0.25) is 0 Å². The molecule has 2 rings (SSSR count). The summed E-state index contributed by atoms with van der Waals surface area (Å²) in [6.45, 7) is 3.93. The molecule has 0 unspecified atom stereocenters. The number of esters is 1. The van der Waals surface area contributed by atoms with Gasteiger partial charge in [0.25, 0.3) is 0 Å². The summed E-state index contributed by atoms with van der Waals surface area (Å²) in [5.74, 6) is -0.392. The van der Waals surface area contributed by atoms with E-state index < -0.39 is 5.97 Å². The van der Waals surface area contributed by atoms with E-state index in [1.54, 1.807) is 6.92 Å². The van der Waals surface area contributed by atoms with Gasteiger partial charge in [-0.3, -0.25) is 0 Å². The lowest BCUT2D eigenvalue weighted by Crippen LogP contribution is -2.14. The average molecular weight is 393 g/mol. The Balaban J connectivity index is 2.05. The Morgan fingerprint density at radius 3 is 2.62 bits per heavy atom. The highest BCUT2D eigenvalue weighted by Gasteiger charge is 2.09. The number of benzene rings is 2. The Morgan fingerprint density at radius 2 is 1.90 bits per heavy atom. The van der Waals surface area contributed by atoms with Crippen molar-refractivity contribution in [3.05, 3.63) is 63.2 Å². The Morgan fingerprint density at radius 1 is 1.19 bits per heavy atom. The molecule has 2 aromatic rings. The molecule has 0 aliphatic rings. The van der Waals surface area contributed by atoms with E-state index in [9.17, 15) is 4.79 Å². The molecule has 0 amide bonds. The minimum Gasteiger partial charge on any atom is -0.456 e. The molecule has 0 N–H and O–H groups in total. The van der Waals surface area contributed by atoms with Gasteiger partial charge in [0, 0.05) is 3.57 Å². The van der Waals surface area contributed by atoms with Crippen molar-refractivity contribution < 1.29 is 9.53 Å². The van der Waals surface area contributed by atoms with Gasteiger partial charge in [-0.1, -0.05) is 36.4 Å². The first-order chi connectivity index (χ1) is 10.1. The third-order valence-corrected chi connectivity index (χ3v) is 3.81. The maximum Gasteiger partial charge on any atom is 0.352 e. The van der Waals surface area contributed by atoms with Crippen LogP contribution >= 0.6 is 22.6 Å². The summed E-state index contributed by atoms with van der Waals surface area (Å²) >= 11 is 2.21. The van der Waals surface area contributed by atoms with Gasteiger partial charge >= 0.3 is 5.97 Å². The van der Waals surface area contributed by atoms with Crippen molar-refractivity contribution in [3.63, 3.8) is 0 Å². The second kappa shape index (κ2) is 7.36. The van der Waals surface area contributed by atoms with Crippen LogP contribution in [0.2, 0.25) is 0 Å². The molecule has 3 nitrogen and oxygen atoms in total. The smallest absolute Gasteiger partial charge is 0.352 e. The van der Waals surface area contributed by atoms with E-state index in [0.29, 0.717) is 5.71 Å². The number of carbonyl (C=O) groups is 1. The molecule has 21 heavy (non-hydrogen) atoms. The number of aliphatic imine (C=N–C) groups is 1. The number of hydrogen-bond donors (Lipinski definition) is 0. The Kier molecular flexibility index (Phi) is 5.50. The zero-order chi connectivity index (χ0) is 15.2. The molecule has 108 valence electrons. The third kappa shape index (κ3) is 4.67. The van der Waals surface area contributed by atoms with E-state index in [2.05, 4.69) is 27.6 Å². The van der Waals surface area contributed by atoms with Gasteiger partial charge < -0.3 is 4.74 Å². The molecular weight excluding hydrogens is 377 g/mol. The molecule has 0 aliphatic heterocycles. The molecular formula is C17H16INO2. The van der Waals surface area contributed by atoms with Crippen LogP contribution in [0.5, 0.6) is 0 Å². The predicted molar refractivity (Wildman–Crippen MR) is 92.9 cm³/mol. The van der Waals surface area contributed by atoms with E-state index >= 15 is 0 Å². The van der Waals surface area contributed by atoms with Gasteiger partial charge in [0.1, 0.15) is 12.3 Å². The number of carbonyl (C=O) groups excluding carboxylic acids is 1. The van der Waals surface area contributed by atoms with Gasteiger partial charge in [-0.25, -0.2) is 9.79 Å². The minimum atomic E-state index is -0.392. The van der Waals surface area contributed by atoms with E-state index in [1.165, 1.54) is 0 Å². The van der Waals surface area contributed by atoms with Crippen LogP contribution in [-0.2, 0) is 16.1 Å². The average Bonchev–Trinajstić information content (AvgIpc) is 2.49. The normalized spacial score (nSPS) is 11.3. The molecule has 0 saturated heterocycles. The minimum absolute atomic E-state index is 0.261. The van der Waals surface area contributed by atoms with Crippen molar-refractivity contribution >= 4 is 40.0 Å². The molecule has 0 heterocycles. The summed E-state index contributed by atoms with van der Waals surface area (Å²) in [6.07, 6.45) is 0. The maximum atomic E-state index is 12.0. The van der Waals surface area contributed by atoms with Crippen molar-refractivity contribution in [2.75, 3.05) is 0 Å². The largest absolute Gasteiger partial charge is 0.456 e. The van der Waals surface area contributed by atoms with E-state index in [0.717, 1.165) is 20.4 Å². The number of rotatable bonds is 4. The number of nitrogens with zero attached hydrogens (tertiary/aromatic N) is 1. The lowest BCUT2D eigenvalue weighted by molar-refractivity contribution is -0.136. The molecule has 0 aromatic heterocycles. The fourth-order valence-corrected chi connectivity index (χ4v) is 2.22. The highest BCUT2D eigenvalue weighted by molar-refractivity contribution is 14.1. The predicted octanol–water partition coefficient (Wildman–Crippen LogP) is 4.44. The second-order valence-corrected chi connectivity index (χ2v) is 5.88. The van der Waals surface area contributed by atoms with Crippen molar-refractivity contribution in [1.82, 2.24) is 0 Å². The van der Waals surface area contributed by atoms with Gasteiger partial charge in [0.15, 0.2) is 0 Å². The zero-order valence-electron chi connectivity index (χ0n) is 12.0. The van der Waals surface area contributed by atoms with E-state index in [1.807, 2.05) is 55.5 Å². The van der Waals surface area contributed by atoms with Gasteiger partial charge in [-0.2, -0.15) is 0 Å². The summed E-state index contributed by atoms with van der Waals surface area (Å²) in [6, 6.07) is 15.6. The molecule has 0 fully saturated rings. The summed E-state index contributed by atoms with van der Waals surface area (Å²) < 4.78 is 6.27. The maximum absolute atomic E-state index is 12.0. The topological polar surface area (TPSA) is 38.7 Å². The van der Waals surface area contributed by atoms with Gasteiger partial charge in [0.05, 0.1) is 5.69 Å². The first kappa shape index (κ1) is 15.7. The summed E-state index contributed by atoms with van der Waals surface area (Å²) in [4.78, 5) is 16.3. The fraction of sp³-hybridized carbons (Fsp3) is 0.176. The van der Waals surface area contributed by atoms with Gasteiger partial charge in [-0.05, 0) is 59.7 Å². The van der Waals surface area contributed by atoms with Gasteiger partial charge in [-0.15, -0.1) is 0 Å². The Labute approximate surface area is 138 Å². The SMILES string of the molecule is C/C(=N/c1cc(C)ccc1I)C(=O)OCc1ccccc1. The molecule has 0 radical (unpaired) electrons. The Bertz CT molecular complexity index is 666. The monoisotopic (exact) mass is 393 g/mol. The van der Waals surface area contributed by atoms with E-state index in [-0.39, 0.29) is 6.61 Å². The van der Waals surface area contributed by atoms with Crippen LogP contribution < -0.4 is 0 Å². The molecule has 0 aliphatic carbocycles. The lowest BCUT2D eigenvalue weighted by atomic mass is 10.2. The van der Waals surface area contributed by atoms with Crippen LogP contribution in [-0.4, -0.2) is 11.7 Å². The molecule has 0 atom stereocenters. The highest BCUT2D eigenvalue weighted by atomic mass is 127. The van der Waals surface area contributed by atoms with Crippen LogP contribution in [0.3, 0.4) is 0 Å². The van der Waals surface area contributed by atoms with Crippen molar-refractivity contribution in [3.8, 4) is 0 Å². The molecule has 0 spiro atoms. The highest BCUT2D eigenvalue weighted by Crippen LogP contribution is 2.22. The summed E-state index contributed by atoms with van der Waals surface area (Å²) in [5.41, 5.74) is 3.22. The van der Waals surface area contributed by atoms with Crippen LogP contribution in [0.15, 0.2) is 53.5 Å². The number of halogens is 1. The quantitative estimate of drug-likeness (QED) is 0.438. The standard InChI is InChI=1S/C17H16INO2/c1-12-8-9-15(18)16(10-12)19-13(2)17(20)21-11-14-6-4-3-5-7-14/h3-10H,11H2,1-2H3/b19-13-. The molecule has 0 bridgehead atoms. The summed E-state index contributed by atoms with van der Waals surface area (Å²) in [7, 11) is 0. The van der Waals surface area contributed by atoms with Crippen LogP contribution in [0, 0.1) is 10.5 Å². The molecule has 0 saturated carbocycles. The van der Waals surface area contributed by atoms with Crippen LogP contribution in [0.25, 0.3) is 0 Å². The van der Waals surface area contributed by atoms with Crippen LogP contribution in [0.1, 0.15) is 18.1 Å². The van der Waals surface area contributed by atoms with Crippen molar-refractivity contribution in [2.24, 2.45) is 4.99 Å². The number of ether oxygens (including phenoxy) is 1. The fourth-order valence-electron chi connectivity index (χ4n) is 1.76. The molecule has 4 heteroatoms. The summed E-state index contributed by atoms with van der Waals surface area (Å²) in [5, 5.41) is 0. The molecule has 2 aromatic carbocycles. The lowest BCUT2D eigenvalue weighted by Gasteiger charge is -2.06. The van der Waals surface area contributed by atoms with Crippen molar-refractivity contribution in [2.45, 2.75) is 20.5 Å². The first-order valence-corrected chi connectivity index (χ1v) is 7.66. The van der Waals surface area contributed by atoms with Crippen molar-refractivity contribution in [1.29, 1.82) is 0 Å². The second-order valence-electron chi connectivity index (χ2n) is 4.71. The number of hydrogen-bond acceptors (Lipinski definition) is 3. The third-order valence-electron chi connectivity index (χ3n) is 2.90. The Hall–Kier alpha value is -1.69. The van der Waals surface area contributed by atoms with E-state index in [4.69, 9.17) is 4.74 Å². The first-order valence-electron chi connectivity index (χ1n) is 6.59. The number of aryl methyl sites for hydroxylation is 1.